The van der Waals surface area contributed by atoms with Crippen LogP contribution in [0.3, 0.4) is 0 Å². The van der Waals surface area contributed by atoms with Crippen molar-refractivity contribution >= 4 is 11.6 Å². The summed E-state index contributed by atoms with van der Waals surface area (Å²) in [5.74, 6) is -0.954. The second-order valence-corrected chi connectivity index (χ2v) is 8.19. The molecule has 2 N–H and O–H groups in total. The van der Waals surface area contributed by atoms with E-state index in [-0.39, 0.29) is 0 Å². The second-order valence-electron chi connectivity index (χ2n) is 8.19. The molecule has 2 aliphatic heterocycles. The highest BCUT2D eigenvalue weighted by Gasteiger charge is 2.23. The van der Waals surface area contributed by atoms with E-state index in [1.807, 2.05) is 47.9 Å². The van der Waals surface area contributed by atoms with Crippen LogP contribution in [-0.4, -0.2) is 86.5 Å². The van der Waals surface area contributed by atoms with Crippen LogP contribution in [0.1, 0.15) is 17.0 Å². The molecule has 1 amide bonds. The molecule has 31 heavy (non-hydrogen) atoms. The smallest absolute Gasteiger partial charge is 0.255 e. The van der Waals surface area contributed by atoms with E-state index in [0.29, 0.717) is 0 Å². The number of rotatable bonds is 7. The van der Waals surface area contributed by atoms with Gasteiger partial charge in [-0.15, -0.1) is 0 Å². The molecule has 0 aliphatic carbocycles. The Hall–Kier alpha value is -2.45. The third kappa shape index (κ3) is 5.62. The Morgan fingerprint density at radius 3 is 2.03 bits per heavy atom. The number of carbonyl (C=O) groups is 1. The van der Waals surface area contributed by atoms with E-state index >= 15 is 0 Å². The number of hydroxylamine groups is 1. The molecule has 4 rings (SSSR count). The van der Waals surface area contributed by atoms with Gasteiger partial charge in [-0.1, -0.05) is 42.5 Å². The van der Waals surface area contributed by atoms with Crippen LogP contribution in [0.25, 0.3) is 0 Å². The van der Waals surface area contributed by atoms with Crippen molar-refractivity contribution in [3.05, 3.63) is 65.7 Å². The molecule has 0 radical (unpaired) electrons. The number of nitrogens with one attached hydrogen (secondary N) is 1. The van der Waals surface area contributed by atoms with Crippen LogP contribution in [0, 0.1) is 0 Å². The number of amides is 1. The zero-order valence-electron chi connectivity index (χ0n) is 17.9. The zero-order valence-corrected chi connectivity index (χ0v) is 17.9. The summed E-state index contributed by atoms with van der Waals surface area (Å²) in [6.45, 7) is 10.2. The summed E-state index contributed by atoms with van der Waals surface area (Å²) in [5.41, 5.74) is 4.71. The minimum absolute atomic E-state index is 0.423. The molecule has 2 aromatic carbocycles. The van der Waals surface area contributed by atoms with Gasteiger partial charge in [0.25, 0.3) is 5.91 Å². The Labute approximate surface area is 184 Å². The molecule has 7 heteroatoms. The van der Waals surface area contributed by atoms with Gasteiger partial charge in [-0.3, -0.25) is 19.8 Å². The topological polar surface area (TPSA) is 68.3 Å². The molecule has 1 unspecified atom stereocenters. The maximum atomic E-state index is 12.3. The lowest BCUT2D eigenvalue weighted by Crippen LogP contribution is -2.49. The number of morpholine rings is 1. The van der Waals surface area contributed by atoms with Crippen molar-refractivity contribution in [3.63, 3.8) is 0 Å². The van der Waals surface area contributed by atoms with Gasteiger partial charge in [-0.25, -0.2) is 5.48 Å². The van der Waals surface area contributed by atoms with Crippen molar-refractivity contribution in [2.45, 2.75) is 5.92 Å². The second kappa shape index (κ2) is 10.7. The number of anilines is 1. The number of piperazine rings is 1. The van der Waals surface area contributed by atoms with Crippen molar-refractivity contribution in [3.8, 4) is 0 Å². The SMILES string of the molecule is O=C(NO)C(c1ccccc1)c1ccc(N2CCN(CCN3CCOCC3)CC2)cc1. The minimum atomic E-state index is -0.530. The summed E-state index contributed by atoms with van der Waals surface area (Å²) in [6.07, 6.45) is 0. The lowest BCUT2D eigenvalue weighted by molar-refractivity contribution is -0.129. The van der Waals surface area contributed by atoms with Gasteiger partial charge in [0.05, 0.1) is 19.1 Å². The molecule has 166 valence electrons. The van der Waals surface area contributed by atoms with Crippen LogP contribution in [-0.2, 0) is 9.53 Å². The first-order valence-electron chi connectivity index (χ1n) is 11.1. The summed E-state index contributed by atoms with van der Waals surface area (Å²) in [6, 6.07) is 17.7. The van der Waals surface area contributed by atoms with Gasteiger partial charge >= 0.3 is 0 Å². The van der Waals surface area contributed by atoms with Crippen molar-refractivity contribution in [1.82, 2.24) is 15.3 Å². The van der Waals surface area contributed by atoms with E-state index in [9.17, 15) is 10.0 Å². The zero-order chi connectivity index (χ0) is 21.5. The number of benzene rings is 2. The molecule has 0 saturated carbocycles. The predicted octanol–water partition coefficient (Wildman–Crippen LogP) is 1.78. The lowest BCUT2D eigenvalue weighted by Gasteiger charge is -2.37. The first kappa shape index (κ1) is 21.8. The fourth-order valence-corrected chi connectivity index (χ4v) is 4.42. The molecule has 2 fully saturated rings. The average Bonchev–Trinajstić information content (AvgIpc) is 2.85. The Morgan fingerprint density at radius 1 is 0.839 bits per heavy atom. The lowest BCUT2D eigenvalue weighted by atomic mass is 9.90. The molecule has 2 aromatic rings. The van der Waals surface area contributed by atoms with Gasteiger partial charge < -0.3 is 9.64 Å². The van der Waals surface area contributed by atoms with E-state index in [2.05, 4.69) is 26.8 Å². The van der Waals surface area contributed by atoms with Crippen LogP contribution in [0.2, 0.25) is 0 Å². The van der Waals surface area contributed by atoms with E-state index in [1.165, 1.54) is 5.69 Å². The monoisotopic (exact) mass is 424 g/mol. The molecular weight excluding hydrogens is 392 g/mol. The molecule has 0 aromatic heterocycles. The van der Waals surface area contributed by atoms with E-state index in [0.717, 1.165) is 76.7 Å². The van der Waals surface area contributed by atoms with Gasteiger partial charge in [0.1, 0.15) is 0 Å². The molecule has 2 heterocycles. The third-order valence-electron chi connectivity index (χ3n) is 6.31. The van der Waals surface area contributed by atoms with Gasteiger partial charge in [-0.2, -0.15) is 0 Å². The summed E-state index contributed by atoms with van der Waals surface area (Å²) in [7, 11) is 0. The molecule has 0 spiro atoms. The predicted molar refractivity (Wildman–Crippen MR) is 121 cm³/mol. The quantitative estimate of drug-likeness (QED) is 0.522. The summed E-state index contributed by atoms with van der Waals surface area (Å²) >= 11 is 0. The molecule has 0 bridgehead atoms. The number of carbonyl (C=O) groups excluding carboxylic acids is 1. The molecular formula is C24H32N4O3. The van der Waals surface area contributed by atoms with Crippen LogP contribution in [0.5, 0.6) is 0 Å². The maximum Gasteiger partial charge on any atom is 0.255 e. The molecule has 1 atom stereocenters. The average molecular weight is 425 g/mol. The van der Waals surface area contributed by atoms with Crippen LogP contribution in [0.4, 0.5) is 5.69 Å². The number of hydrogen-bond acceptors (Lipinski definition) is 6. The van der Waals surface area contributed by atoms with Gasteiger partial charge in [-0.05, 0) is 23.3 Å². The van der Waals surface area contributed by atoms with Crippen molar-refractivity contribution in [2.24, 2.45) is 0 Å². The maximum absolute atomic E-state index is 12.3. The minimum Gasteiger partial charge on any atom is -0.379 e. The van der Waals surface area contributed by atoms with E-state index in [4.69, 9.17) is 4.74 Å². The van der Waals surface area contributed by atoms with Crippen LogP contribution in [0.15, 0.2) is 54.6 Å². The van der Waals surface area contributed by atoms with Crippen molar-refractivity contribution < 1.29 is 14.7 Å². The number of ether oxygens (including phenoxy) is 1. The fraction of sp³-hybridized carbons (Fsp3) is 0.458. The Balaban J connectivity index is 1.33. The number of nitrogens with zero attached hydrogens (tertiary/aromatic N) is 3. The normalized spacial score (nSPS) is 19.2. The van der Waals surface area contributed by atoms with E-state index < -0.39 is 11.8 Å². The Kier molecular flexibility index (Phi) is 7.53. The number of hydrogen-bond donors (Lipinski definition) is 2. The highest BCUT2D eigenvalue weighted by molar-refractivity contribution is 5.86. The molecule has 7 nitrogen and oxygen atoms in total. The van der Waals surface area contributed by atoms with Gasteiger partial charge in [0, 0.05) is 58.0 Å². The largest absolute Gasteiger partial charge is 0.379 e. The Bertz CT molecular complexity index is 816. The first-order valence-corrected chi connectivity index (χ1v) is 11.1. The summed E-state index contributed by atoms with van der Waals surface area (Å²) in [4.78, 5) is 19.8. The van der Waals surface area contributed by atoms with E-state index in [1.54, 1.807) is 0 Å². The summed E-state index contributed by atoms with van der Waals surface area (Å²) in [5, 5.41) is 9.22. The highest BCUT2D eigenvalue weighted by atomic mass is 16.5. The van der Waals surface area contributed by atoms with Gasteiger partial charge in [0.2, 0.25) is 0 Å². The van der Waals surface area contributed by atoms with Crippen LogP contribution >= 0.6 is 0 Å². The highest BCUT2D eigenvalue weighted by Crippen LogP contribution is 2.27. The Morgan fingerprint density at radius 2 is 1.42 bits per heavy atom. The third-order valence-corrected chi connectivity index (χ3v) is 6.31. The fourth-order valence-electron chi connectivity index (χ4n) is 4.42. The molecule has 2 saturated heterocycles. The van der Waals surface area contributed by atoms with Crippen LogP contribution < -0.4 is 10.4 Å². The standard InChI is InChI=1S/C24H32N4O3/c29-24(25-30)23(20-4-2-1-3-5-20)21-6-8-22(9-7-21)28-14-12-26(13-15-28)10-11-27-16-18-31-19-17-27/h1-9,23,30H,10-19H2,(H,25,29). The van der Waals surface area contributed by atoms with Gasteiger partial charge in [0.15, 0.2) is 0 Å². The van der Waals surface area contributed by atoms with Crippen molar-refractivity contribution in [2.75, 3.05) is 70.5 Å². The molecule has 2 aliphatic rings. The van der Waals surface area contributed by atoms with Crippen molar-refractivity contribution in [1.29, 1.82) is 0 Å². The first-order chi connectivity index (χ1) is 15.2. The summed E-state index contributed by atoms with van der Waals surface area (Å²) < 4.78 is 5.43.